The molecule has 0 spiro atoms. The lowest BCUT2D eigenvalue weighted by molar-refractivity contribution is -0.403. The fraction of sp³-hybridized carbons (Fsp3) is 0.875. The zero-order chi connectivity index (χ0) is 71.0. The minimum Gasteiger partial charge on any atom is -0.481 e. The third-order valence-electron chi connectivity index (χ3n) is 18.4. The highest BCUT2D eigenvalue weighted by Gasteiger charge is 2.60. The number of aliphatic hydroxyl groups excluding tert-OH is 23. The average Bonchev–Trinajstić information content (AvgIpc) is 0.794. The van der Waals surface area contributed by atoms with Crippen molar-refractivity contribution in [3.63, 3.8) is 0 Å². The van der Waals surface area contributed by atoms with Gasteiger partial charge in [0, 0.05) is 10.6 Å². The highest BCUT2D eigenvalue weighted by Crippen LogP contribution is 2.41. The van der Waals surface area contributed by atoms with Crippen LogP contribution in [0.4, 0.5) is 0 Å². The second kappa shape index (κ2) is 33.7. The third-order valence-corrected chi connectivity index (χ3v) is 19.5. The quantitative estimate of drug-likeness (QED) is 0.0864. The Morgan fingerprint density at radius 1 is 0.265 bits per heavy atom. The second-order valence-corrected chi connectivity index (χ2v) is 25.9. The van der Waals surface area contributed by atoms with Gasteiger partial charge in [0.1, 0.15) is 189 Å². The van der Waals surface area contributed by atoms with Crippen molar-refractivity contribution in [1.29, 1.82) is 0 Å². The Balaban J connectivity index is 0.930. The van der Waals surface area contributed by atoms with Crippen molar-refractivity contribution >= 4 is 17.7 Å². The van der Waals surface area contributed by atoms with Crippen LogP contribution in [0.15, 0.2) is 29.2 Å². The molecule has 30 heterocycles. The van der Waals surface area contributed by atoms with E-state index in [-0.39, 0.29) is 12.2 Å². The lowest BCUT2D eigenvalue weighted by Crippen LogP contribution is -2.69. The molecular formula is C56H86O41S. The molecule has 30 fully saturated rings. The first-order valence-electron chi connectivity index (χ1n) is 31.3. The highest BCUT2D eigenvalue weighted by molar-refractivity contribution is 7.99. The fourth-order valence-corrected chi connectivity index (χ4v) is 13.9. The van der Waals surface area contributed by atoms with Crippen molar-refractivity contribution in [2.45, 2.75) is 257 Å². The van der Waals surface area contributed by atoms with E-state index in [2.05, 4.69) is 0 Å². The first-order valence-corrected chi connectivity index (χ1v) is 32.3. The Bertz CT molecular complexity index is 2630. The molecule has 42 heteroatoms. The van der Waals surface area contributed by atoms with Crippen LogP contribution in [0.3, 0.4) is 0 Å². The van der Waals surface area contributed by atoms with E-state index < -0.39 is 298 Å². The normalized spacial score (nSPS) is 50.8. The number of hydrogen-bond acceptors (Lipinski definition) is 41. The van der Waals surface area contributed by atoms with E-state index in [0.717, 1.165) is 11.8 Å². The molecule has 562 valence electrons. The molecule has 30 aliphatic heterocycles. The summed E-state index contributed by atoms with van der Waals surface area (Å²) < 4.78 is 93.0. The van der Waals surface area contributed by atoms with Gasteiger partial charge in [-0.05, 0) is 17.7 Å². The molecule has 31 rings (SSSR count). The number of aliphatic hydroxyl groups is 23. The molecule has 40 atom stereocenters. The number of hydrogen-bond donors (Lipinski definition) is 24. The van der Waals surface area contributed by atoms with Crippen LogP contribution in [0.5, 0.6) is 0 Å². The topological polar surface area (TPSA) is 650 Å². The van der Waals surface area contributed by atoms with Crippen LogP contribution in [-0.2, 0) is 87.0 Å². The summed E-state index contributed by atoms with van der Waals surface area (Å²) in [5.41, 5.74) is 0.412. The minimum atomic E-state index is -2.27. The van der Waals surface area contributed by atoms with E-state index in [4.69, 9.17) is 75.8 Å². The molecule has 0 radical (unpaired) electrons. The van der Waals surface area contributed by atoms with Crippen LogP contribution in [0.25, 0.3) is 0 Å². The van der Waals surface area contributed by atoms with E-state index in [9.17, 15) is 127 Å². The third kappa shape index (κ3) is 16.2. The molecule has 30 aliphatic rings. The summed E-state index contributed by atoms with van der Waals surface area (Å²) in [4.78, 5) is 11.9. The summed E-state index contributed by atoms with van der Waals surface area (Å²) in [7, 11) is 0. The molecule has 30 saturated heterocycles. The highest BCUT2D eigenvalue weighted by atomic mass is 32.2. The van der Waals surface area contributed by atoms with Crippen LogP contribution in [-0.4, -0.2) is 426 Å². The summed E-state index contributed by atoms with van der Waals surface area (Å²) in [6, 6.07) is 6.08. The molecule has 1 aromatic carbocycles. The molecule has 16 bridgehead atoms. The molecule has 0 unspecified atom stereocenters. The number of benzene rings is 1. The van der Waals surface area contributed by atoms with Crippen LogP contribution < -0.4 is 0 Å². The molecular weight excluding hydrogens is 1360 g/mol. The SMILES string of the molecule is O=C(O)Cc1ccc(SC[C@H]2O[C@@H]3O[C@H]4[C@H](O)[C@@H](O)[C@@H](O[C@H]5[C@H](O)[C@@H](O)[C@@H](O[C@H]6[C@H](O)[C@@H](O)[C@@H](O[C@H]7[C@H](O)[C@@H](O)[C@@H](O[C@H]8[C@H](O)[C@@H](O)[C@@H](O[C@H]9[C@H](O)[C@@H](O)[C@@H](O[C@H]%10[C@H](O)[C@@H](O)[C@@H](O[C@H]2[C@H](O)[C@H]3O)O[C@@H]%10CO)O[C@@H]9CO)O[C@@H]8CO)O[C@@H]7CO)O[C@@H]6CO)O[C@@H]5CO)O[C@@H]4CO)cc1. The lowest BCUT2D eigenvalue weighted by atomic mass is 9.95. The Morgan fingerprint density at radius 2 is 0.439 bits per heavy atom. The Labute approximate surface area is 558 Å². The molecule has 0 aromatic heterocycles. The van der Waals surface area contributed by atoms with Gasteiger partial charge >= 0.3 is 5.97 Å². The largest absolute Gasteiger partial charge is 0.481 e. The van der Waals surface area contributed by atoms with Gasteiger partial charge in [0.25, 0.3) is 0 Å². The second-order valence-electron chi connectivity index (χ2n) is 24.8. The van der Waals surface area contributed by atoms with Crippen LogP contribution >= 0.6 is 11.8 Å². The zero-order valence-corrected chi connectivity index (χ0v) is 52.2. The molecule has 1 aromatic rings. The summed E-state index contributed by atoms with van der Waals surface area (Å²) in [5.74, 6) is -1.41. The van der Waals surface area contributed by atoms with Gasteiger partial charge in [-0.2, -0.15) is 0 Å². The van der Waals surface area contributed by atoms with E-state index in [1.165, 1.54) is 24.3 Å². The van der Waals surface area contributed by atoms with E-state index >= 15 is 0 Å². The number of carboxylic acid groups (broad SMARTS) is 1. The zero-order valence-electron chi connectivity index (χ0n) is 51.3. The number of carbonyl (C=O) groups is 1. The smallest absolute Gasteiger partial charge is 0.307 e. The number of carboxylic acids is 1. The van der Waals surface area contributed by atoms with Gasteiger partial charge in [0.05, 0.1) is 58.8 Å². The predicted molar refractivity (Wildman–Crippen MR) is 302 cm³/mol. The van der Waals surface area contributed by atoms with Gasteiger partial charge in [-0.3, -0.25) is 4.79 Å². The van der Waals surface area contributed by atoms with Crippen molar-refractivity contribution < 1.29 is 203 Å². The summed E-state index contributed by atoms with van der Waals surface area (Å²) in [6.07, 6.45) is -82.4. The maximum absolute atomic E-state index is 11.9. The summed E-state index contributed by atoms with van der Waals surface area (Å²) >= 11 is 0.999. The Morgan fingerprint density at radius 3 is 0.612 bits per heavy atom. The molecule has 98 heavy (non-hydrogen) atoms. The number of ether oxygens (including phenoxy) is 16. The molecule has 0 aliphatic carbocycles. The van der Waals surface area contributed by atoms with Crippen molar-refractivity contribution in [2.75, 3.05) is 52.0 Å². The van der Waals surface area contributed by atoms with Gasteiger partial charge < -0.3 is 198 Å². The summed E-state index contributed by atoms with van der Waals surface area (Å²) in [6.45, 7) is -7.62. The monoisotopic (exact) mass is 1450 g/mol. The molecule has 24 N–H and O–H groups in total. The lowest BCUT2D eigenvalue weighted by Gasteiger charge is -2.50. The van der Waals surface area contributed by atoms with Gasteiger partial charge in [-0.15, -0.1) is 11.8 Å². The Kier molecular flexibility index (Phi) is 26.9. The van der Waals surface area contributed by atoms with E-state index in [0.29, 0.717) is 10.5 Å². The minimum absolute atomic E-state index is 0.290. The van der Waals surface area contributed by atoms with Crippen molar-refractivity contribution in [3.05, 3.63) is 29.8 Å². The Hall–Kier alpha value is -2.52. The van der Waals surface area contributed by atoms with Crippen LogP contribution in [0.1, 0.15) is 5.56 Å². The van der Waals surface area contributed by atoms with E-state index in [1.54, 1.807) is 0 Å². The number of aliphatic carboxylic acids is 1. The maximum Gasteiger partial charge on any atom is 0.307 e. The van der Waals surface area contributed by atoms with Crippen molar-refractivity contribution in [3.8, 4) is 0 Å². The first kappa shape index (κ1) is 78.1. The van der Waals surface area contributed by atoms with Crippen molar-refractivity contribution in [1.82, 2.24) is 0 Å². The standard InChI is InChI=1S/C56H86O41S/c57-6-16-41-25(66)33(74)49(82-16)91-42-17(7-58)84-51(35(76)27(42)68)93-44-19(9-60)86-53(37(78)29(44)70)95-46-21(11-62)88-55(39(80)31(46)72)97-48-23(13-98-15-3-1-14(2-4-15)5-24(64)65)89-56(40(81)32(48)73)96-47-22(12-63)87-54(38(79)30(47)71)94-45-20(10-61)85-52(36(77)28(45)69)92-43-18(8-59)83-50(90-41)34(75)26(43)67/h1-4,16-23,25-63,66-81H,5-13H2,(H,64,65)/t16-,17-,18-,19-,20-,21-,22-,23-,25-,26-,27-,28-,29-,30-,31-,32-,33-,34-,35-,36-,37-,38-,39-,40-,41-,42-,43-,44-,45-,46-,47-,48-,49-,50-,51-,52-,53-,54-,55-,56-/m1/s1. The molecule has 0 saturated carbocycles. The predicted octanol–water partition coefficient (Wildman–Crippen LogP) is -15.0. The van der Waals surface area contributed by atoms with Gasteiger partial charge in [0.15, 0.2) is 50.3 Å². The number of rotatable bonds is 12. The number of thioether (sulfide) groups is 1. The average molecular weight is 1450 g/mol. The molecule has 41 nitrogen and oxygen atoms in total. The fourth-order valence-electron chi connectivity index (χ4n) is 12.9. The first-order chi connectivity index (χ1) is 46.7. The maximum atomic E-state index is 11.9. The molecule has 0 amide bonds. The van der Waals surface area contributed by atoms with Gasteiger partial charge in [0.2, 0.25) is 0 Å². The van der Waals surface area contributed by atoms with Gasteiger partial charge in [-0.25, -0.2) is 0 Å². The van der Waals surface area contributed by atoms with E-state index in [1.807, 2.05) is 0 Å². The van der Waals surface area contributed by atoms with Crippen LogP contribution in [0, 0.1) is 0 Å². The van der Waals surface area contributed by atoms with Crippen molar-refractivity contribution in [2.24, 2.45) is 0 Å². The van der Waals surface area contributed by atoms with Gasteiger partial charge in [-0.1, -0.05) is 12.1 Å². The van der Waals surface area contributed by atoms with Crippen LogP contribution in [0.2, 0.25) is 0 Å². The summed E-state index contributed by atoms with van der Waals surface area (Å²) in [5, 5.41) is 268.